The summed E-state index contributed by atoms with van der Waals surface area (Å²) in [5, 5.41) is 0. The Morgan fingerprint density at radius 2 is 1.50 bits per heavy atom. The summed E-state index contributed by atoms with van der Waals surface area (Å²) in [6.07, 6.45) is 0. The largest absolute Gasteiger partial charge is 0.241 e. The molecule has 0 heterocycles. The van der Waals surface area contributed by atoms with Crippen LogP contribution in [0.3, 0.4) is 0 Å². The molecule has 5 heteroatoms. The molecule has 1 aromatic carbocycles. The van der Waals surface area contributed by atoms with Gasteiger partial charge in [0.2, 0.25) is 10.0 Å². The summed E-state index contributed by atoms with van der Waals surface area (Å²) in [5.41, 5.74) is 1.26. The molecule has 0 bridgehead atoms. The molecule has 0 saturated carbocycles. The van der Waals surface area contributed by atoms with Gasteiger partial charge in [-0.05, 0) is 44.0 Å². The maximum absolute atomic E-state index is 12.2. The van der Waals surface area contributed by atoms with Gasteiger partial charge in [0.05, 0.1) is 13.0 Å². The van der Waals surface area contributed by atoms with Gasteiger partial charge < -0.3 is 0 Å². The van der Waals surface area contributed by atoms with Crippen LogP contribution < -0.4 is 4.72 Å². The van der Waals surface area contributed by atoms with E-state index in [4.69, 9.17) is 0 Å². The SMILES string of the molecule is CC(c1ccc(S(=O)(=O)NC(C)(C)C)cc1)[Si](C)(C)C. The van der Waals surface area contributed by atoms with Crippen LogP contribution in [0.5, 0.6) is 0 Å². The van der Waals surface area contributed by atoms with Crippen molar-refractivity contribution in [2.45, 2.75) is 63.3 Å². The van der Waals surface area contributed by atoms with Gasteiger partial charge in [-0.1, -0.05) is 38.7 Å². The van der Waals surface area contributed by atoms with Crippen LogP contribution in [0.15, 0.2) is 29.2 Å². The van der Waals surface area contributed by atoms with Crippen LogP contribution in [0, 0.1) is 0 Å². The van der Waals surface area contributed by atoms with E-state index in [9.17, 15) is 8.42 Å². The van der Waals surface area contributed by atoms with Crippen molar-refractivity contribution in [3.8, 4) is 0 Å². The second-order valence-electron chi connectivity index (χ2n) is 7.51. The third-order valence-electron chi connectivity index (χ3n) is 3.43. The van der Waals surface area contributed by atoms with E-state index in [-0.39, 0.29) is 0 Å². The van der Waals surface area contributed by atoms with Gasteiger partial charge in [0, 0.05) is 5.54 Å². The first kappa shape index (κ1) is 17.4. The third-order valence-corrected chi connectivity index (χ3v) is 8.14. The minimum atomic E-state index is -3.43. The van der Waals surface area contributed by atoms with Crippen molar-refractivity contribution in [1.29, 1.82) is 0 Å². The first-order valence-corrected chi connectivity index (χ1v) is 12.0. The van der Waals surface area contributed by atoms with Crippen molar-refractivity contribution in [2.75, 3.05) is 0 Å². The molecule has 0 fully saturated rings. The molecule has 1 unspecified atom stereocenters. The molecule has 1 aromatic rings. The van der Waals surface area contributed by atoms with E-state index >= 15 is 0 Å². The zero-order chi connectivity index (χ0) is 15.8. The Labute approximate surface area is 124 Å². The highest BCUT2D eigenvalue weighted by Gasteiger charge is 2.25. The summed E-state index contributed by atoms with van der Waals surface area (Å²) in [6.45, 7) is 14.7. The lowest BCUT2D eigenvalue weighted by Crippen LogP contribution is -2.40. The van der Waals surface area contributed by atoms with E-state index in [0.29, 0.717) is 10.4 Å². The number of rotatable bonds is 4. The van der Waals surface area contributed by atoms with Crippen molar-refractivity contribution in [2.24, 2.45) is 0 Å². The fourth-order valence-electron chi connectivity index (χ4n) is 1.90. The molecular weight excluding hydrogens is 286 g/mol. The van der Waals surface area contributed by atoms with E-state index in [1.807, 2.05) is 32.9 Å². The molecule has 114 valence electrons. The molecule has 1 atom stereocenters. The monoisotopic (exact) mass is 313 g/mol. The first-order chi connectivity index (χ1) is 8.83. The molecular formula is C15H27NO2SSi. The second kappa shape index (κ2) is 5.62. The van der Waals surface area contributed by atoms with Crippen molar-refractivity contribution < 1.29 is 8.42 Å². The maximum atomic E-state index is 12.2. The maximum Gasteiger partial charge on any atom is 0.241 e. The number of benzene rings is 1. The molecule has 3 nitrogen and oxygen atoms in total. The van der Waals surface area contributed by atoms with E-state index in [1.165, 1.54) is 5.56 Å². The Hall–Kier alpha value is -0.653. The summed E-state index contributed by atoms with van der Waals surface area (Å²) in [4.78, 5) is 0.332. The van der Waals surface area contributed by atoms with Gasteiger partial charge in [-0.25, -0.2) is 13.1 Å². The minimum Gasteiger partial charge on any atom is -0.207 e. The predicted molar refractivity (Wildman–Crippen MR) is 88.3 cm³/mol. The molecule has 0 saturated heterocycles. The molecule has 1 N–H and O–H groups in total. The standard InChI is InChI=1S/C15H27NO2SSi/c1-12(20(5,6)7)13-8-10-14(11-9-13)19(17,18)16-15(2,3)4/h8-12,16H,1-7H3. The molecule has 0 aliphatic carbocycles. The molecule has 20 heavy (non-hydrogen) atoms. The zero-order valence-corrected chi connectivity index (χ0v) is 15.4. The van der Waals surface area contributed by atoms with Crippen LogP contribution >= 0.6 is 0 Å². The first-order valence-electron chi connectivity index (χ1n) is 6.97. The molecule has 0 amide bonds. The summed E-state index contributed by atoms with van der Waals surface area (Å²) >= 11 is 0. The highest BCUT2D eigenvalue weighted by Crippen LogP contribution is 2.27. The summed E-state index contributed by atoms with van der Waals surface area (Å²) in [5.74, 6) is 0. The summed E-state index contributed by atoms with van der Waals surface area (Å²) in [6, 6.07) is 7.31. The van der Waals surface area contributed by atoms with Crippen LogP contribution in [-0.2, 0) is 10.0 Å². The van der Waals surface area contributed by atoms with Gasteiger partial charge in [0.15, 0.2) is 0 Å². The topological polar surface area (TPSA) is 46.2 Å². The van der Waals surface area contributed by atoms with Crippen LogP contribution in [-0.4, -0.2) is 22.0 Å². The normalized spacial score (nSPS) is 15.2. The Kier molecular flexibility index (Phi) is 4.89. The Morgan fingerprint density at radius 3 is 1.85 bits per heavy atom. The fraction of sp³-hybridized carbons (Fsp3) is 0.600. The average Bonchev–Trinajstić information content (AvgIpc) is 2.24. The van der Waals surface area contributed by atoms with Crippen LogP contribution in [0.1, 0.15) is 38.8 Å². The minimum absolute atomic E-state index is 0.332. The highest BCUT2D eigenvalue weighted by atomic mass is 32.2. The lowest BCUT2D eigenvalue weighted by molar-refractivity contribution is 0.491. The predicted octanol–water partition coefficient (Wildman–Crippen LogP) is 3.74. The summed E-state index contributed by atoms with van der Waals surface area (Å²) in [7, 11) is -4.70. The Morgan fingerprint density at radius 1 is 1.05 bits per heavy atom. The third kappa shape index (κ3) is 4.72. The molecule has 0 aliphatic rings. The summed E-state index contributed by atoms with van der Waals surface area (Å²) < 4.78 is 27.1. The van der Waals surface area contributed by atoms with Crippen molar-refractivity contribution >= 4 is 18.1 Å². The number of sulfonamides is 1. The lowest BCUT2D eigenvalue weighted by Gasteiger charge is -2.26. The molecule has 1 rings (SSSR count). The Bertz CT molecular complexity index is 551. The van der Waals surface area contributed by atoms with Crippen LogP contribution in [0.25, 0.3) is 0 Å². The van der Waals surface area contributed by atoms with Gasteiger partial charge in [-0.15, -0.1) is 0 Å². The molecule has 0 spiro atoms. The van der Waals surface area contributed by atoms with Crippen molar-refractivity contribution in [3.63, 3.8) is 0 Å². The van der Waals surface area contributed by atoms with Gasteiger partial charge in [0.1, 0.15) is 0 Å². The van der Waals surface area contributed by atoms with Gasteiger partial charge >= 0.3 is 0 Å². The van der Waals surface area contributed by atoms with Crippen LogP contribution in [0.4, 0.5) is 0 Å². The Balaban J connectivity index is 3.03. The molecule has 0 aliphatic heterocycles. The smallest absolute Gasteiger partial charge is 0.207 e. The second-order valence-corrected chi connectivity index (χ2v) is 14.8. The number of hydrogen-bond acceptors (Lipinski definition) is 2. The van der Waals surface area contributed by atoms with Crippen LogP contribution in [0.2, 0.25) is 19.6 Å². The van der Waals surface area contributed by atoms with Gasteiger partial charge in [0.25, 0.3) is 0 Å². The van der Waals surface area contributed by atoms with E-state index < -0.39 is 23.6 Å². The zero-order valence-electron chi connectivity index (χ0n) is 13.6. The molecule has 0 radical (unpaired) electrons. The van der Waals surface area contributed by atoms with Crippen molar-refractivity contribution in [3.05, 3.63) is 29.8 Å². The lowest BCUT2D eigenvalue weighted by atomic mass is 10.1. The van der Waals surface area contributed by atoms with Crippen molar-refractivity contribution in [1.82, 2.24) is 4.72 Å². The molecule has 0 aromatic heterocycles. The van der Waals surface area contributed by atoms with E-state index in [2.05, 4.69) is 31.3 Å². The number of nitrogens with one attached hydrogen (secondary N) is 1. The average molecular weight is 314 g/mol. The van der Waals surface area contributed by atoms with Gasteiger partial charge in [-0.3, -0.25) is 0 Å². The number of hydrogen-bond donors (Lipinski definition) is 1. The fourth-order valence-corrected chi connectivity index (χ4v) is 4.51. The highest BCUT2D eigenvalue weighted by molar-refractivity contribution is 7.89. The quantitative estimate of drug-likeness (QED) is 0.861. The van der Waals surface area contributed by atoms with E-state index in [0.717, 1.165) is 0 Å². The van der Waals surface area contributed by atoms with E-state index in [1.54, 1.807) is 12.1 Å². The van der Waals surface area contributed by atoms with Gasteiger partial charge in [-0.2, -0.15) is 0 Å².